The lowest BCUT2D eigenvalue weighted by Crippen LogP contribution is -2.34. The maximum atomic E-state index is 10.7. The van der Waals surface area contributed by atoms with Crippen LogP contribution in [-0.4, -0.2) is 49.8 Å². The van der Waals surface area contributed by atoms with Gasteiger partial charge in [-0.1, -0.05) is 0 Å². The zero-order chi connectivity index (χ0) is 10.1. The van der Waals surface area contributed by atoms with Gasteiger partial charge in [0.2, 0.25) is 0 Å². The highest BCUT2D eigenvalue weighted by molar-refractivity contribution is 7.86. The van der Waals surface area contributed by atoms with Gasteiger partial charge in [-0.3, -0.25) is 4.18 Å². The van der Waals surface area contributed by atoms with E-state index >= 15 is 0 Å². The van der Waals surface area contributed by atoms with Crippen LogP contribution in [0.2, 0.25) is 0 Å². The molecule has 7 heteroatoms. The number of rotatable bonds is 3. The molecule has 77 valence electrons. The lowest BCUT2D eigenvalue weighted by Gasteiger charge is -2.14. The molecule has 2 N–H and O–H groups in total. The molecule has 0 bridgehead atoms. The zero-order valence-corrected chi connectivity index (χ0v) is 7.77. The van der Waals surface area contributed by atoms with E-state index < -0.39 is 28.4 Å². The van der Waals surface area contributed by atoms with Gasteiger partial charge in [0.1, 0.15) is 24.9 Å². The summed E-state index contributed by atoms with van der Waals surface area (Å²) >= 11 is 0. The van der Waals surface area contributed by atoms with E-state index in [-0.39, 0.29) is 6.61 Å². The Kier molecular flexibility index (Phi) is 3.25. The minimum Gasteiger partial charge on any atom is -0.394 e. The minimum absolute atomic E-state index is 0.388. The third-order valence-corrected chi connectivity index (χ3v) is 2.14. The normalized spacial score (nSPS) is 35.2. The van der Waals surface area contributed by atoms with E-state index in [0.717, 1.165) is 12.9 Å². The van der Waals surface area contributed by atoms with Gasteiger partial charge in [-0.15, -0.1) is 0 Å². The van der Waals surface area contributed by atoms with E-state index in [4.69, 9.17) is 9.84 Å². The molecular formula is C6H11O6S. The first-order valence-electron chi connectivity index (χ1n) is 3.60. The van der Waals surface area contributed by atoms with Crippen LogP contribution in [0.3, 0.4) is 0 Å². The van der Waals surface area contributed by atoms with E-state index in [0.29, 0.717) is 0 Å². The Bertz CT molecular complexity index is 260. The first-order chi connectivity index (χ1) is 5.94. The van der Waals surface area contributed by atoms with Gasteiger partial charge in [-0.25, -0.2) is 0 Å². The minimum atomic E-state index is -3.62. The lowest BCUT2D eigenvalue weighted by atomic mass is 10.2. The Hall–Kier alpha value is -0.210. The summed E-state index contributed by atoms with van der Waals surface area (Å²) in [4.78, 5) is 0. The van der Waals surface area contributed by atoms with Gasteiger partial charge in [0.15, 0.2) is 0 Å². The highest BCUT2D eigenvalue weighted by Gasteiger charge is 2.38. The third kappa shape index (κ3) is 2.89. The topological polar surface area (TPSA) is 93.1 Å². The van der Waals surface area contributed by atoms with E-state index in [9.17, 15) is 13.5 Å². The molecule has 1 heterocycles. The Labute approximate surface area is 76.2 Å². The SMILES string of the molecule is CS(=O)(=O)O[C@H]1[CH]O[C@H](CO)[C@@H]1O. The van der Waals surface area contributed by atoms with Crippen LogP contribution in [0.4, 0.5) is 0 Å². The molecule has 1 radical (unpaired) electrons. The van der Waals surface area contributed by atoms with Crippen LogP contribution in [0.5, 0.6) is 0 Å². The quantitative estimate of drug-likeness (QED) is 0.537. The molecular weight excluding hydrogens is 200 g/mol. The summed E-state index contributed by atoms with van der Waals surface area (Å²) in [5.74, 6) is 0. The first-order valence-corrected chi connectivity index (χ1v) is 5.41. The van der Waals surface area contributed by atoms with Gasteiger partial charge in [0.25, 0.3) is 10.1 Å². The van der Waals surface area contributed by atoms with Crippen LogP contribution >= 0.6 is 0 Å². The molecule has 1 aliphatic rings. The van der Waals surface area contributed by atoms with Crippen molar-refractivity contribution in [3.8, 4) is 0 Å². The maximum Gasteiger partial charge on any atom is 0.264 e. The Morgan fingerprint density at radius 3 is 2.62 bits per heavy atom. The van der Waals surface area contributed by atoms with Crippen molar-refractivity contribution < 1.29 is 27.6 Å². The summed E-state index contributed by atoms with van der Waals surface area (Å²) < 4.78 is 30.5. The number of ether oxygens (including phenoxy) is 1. The molecule has 6 nitrogen and oxygen atoms in total. The van der Waals surface area contributed by atoms with Gasteiger partial charge in [-0.05, 0) is 0 Å². The molecule has 0 spiro atoms. The van der Waals surface area contributed by atoms with Crippen LogP contribution in [0, 0.1) is 6.61 Å². The molecule has 1 aliphatic heterocycles. The summed E-state index contributed by atoms with van der Waals surface area (Å²) in [6, 6.07) is 0. The van der Waals surface area contributed by atoms with Crippen molar-refractivity contribution in [2.45, 2.75) is 18.3 Å². The molecule has 0 aromatic heterocycles. The van der Waals surface area contributed by atoms with Gasteiger partial charge in [0, 0.05) is 0 Å². The number of hydrogen-bond donors (Lipinski definition) is 2. The van der Waals surface area contributed by atoms with Crippen molar-refractivity contribution in [1.29, 1.82) is 0 Å². The Morgan fingerprint density at radius 1 is 1.62 bits per heavy atom. The zero-order valence-electron chi connectivity index (χ0n) is 6.95. The molecule has 0 saturated carbocycles. The molecule has 1 fully saturated rings. The number of hydrogen-bond acceptors (Lipinski definition) is 6. The molecule has 0 unspecified atom stereocenters. The molecule has 0 aromatic carbocycles. The van der Waals surface area contributed by atoms with Gasteiger partial charge in [0.05, 0.1) is 12.9 Å². The van der Waals surface area contributed by atoms with E-state index in [1.165, 1.54) is 0 Å². The fourth-order valence-electron chi connectivity index (χ4n) is 0.983. The molecule has 3 atom stereocenters. The molecule has 0 aliphatic carbocycles. The second-order valence-corrected chi connectivity index (χ2v) is 4.35. The third-order valence-electron chi connectivity index (χ3n) is 1.57. The van der Waals surface area contributed by atoms with Crippen LogP contribution in [-0.2, 0) is 19.0 Å². The van der Waals surface area contributed by atoms with Crippen LogP contribution < -0.4 is 0 Å². The first kappa shape index (κ1) is 10.9. The average molecular weight is 211 g/mol. The largest absolute Gasteiger partial charge is 0.394 e. The van der Waals surface area contributed by atoms with E-state index in [2.05, 4.69) is 4.18 Å². The van der Waals surface area contributed by atoms with Crippen molar-refractivity contribution >= 4 is 10.1 Å². The fourth-order valence-corrected chi connectivity index (χ4v) is 1.55. The standard InChI is InChI=1S/C6H11O6S/c1-13(9,10)12-5-3-11-4(2-7)6(5)8/h3-8H,2H2,1H3/t4-,5+,6+/m1/s1. The molecule has 13 heavy (non-hydrogen) atoms. The summed E-state index contributed by atoms with van der Waals surface area (Å²) in [7, 11) is -3.62. The Balaban J connectivity index is 2.55. The van der Waals surface area contributed by atoms with Gasteiger partial charge >= 0.3 is 0 Å². The summed E-state index contributed by atoms with van der Waals surface area (Å²) in [5.41, 5.74) is 0. The smallest absolute Gasteiger partial charge is 0.264 e. The number of aliphatic hydroxyl groups is 2. The summed E-state index contributed by atoms with van der Waals surface area (Å²) in [6.45, 7) is 0.674. The van der Waals surface area contributed by atoms with Gasteiger partial charge in [-0.2, -0.15) is 8.42 Å². The monoisotopic (exact) mass is 211 g/mol. The van der Waals surface area contributed by atoms with Crippen LogP contribution in [0.15, 0.2) is 0 Å². The maximum absolute atomic E-state index is 10.7. The van der Waals surface area contributed by atoms with Crippen molar-refractivity contribution in [3.05, 3.63) is 6.61 Å². The second kappa shape index (κ2) is 3.89. The second-order valence-electron chi connectivity index (χ2n) is 2.75. The molecule has 0 aromatic rings. The molecule has 1 rings (SSSR count). The predicted molar refractivity (Wildman–Crippen MR) is 42.0 cm³/mol. The molecule has 1 saturated heterocycles. The fraction of sp³-hybridized carbons (Fsp3) is 0.833. The molecule has 0 amide bonds. The van der Waals surface area contributed by atoms with Crippen LogP contribution in [0.25, 0.3) is 0 Å². The predicted octanol–water partition coefficient (Wildman–Crippen LogP) is -1.76. The van der Waals surface area contributed by atoms with Crippen LogP contribution in [0.1, 0.15) is 0 Å². The Morgan fingerprint density at radius 2 is 2.23 bits per heavy atom. The lowest BCUT2D eigenvalue weighted by molar-refractivity contribution is 0.00199. The van der Waals surface area contributed by atoms with E-state index in [1.54, 1.807) is 0 Å². The number of aliphatic hydroxyl groups excluding tert-OH is 2. The van der Waals surface area contributed by atoms with E-state index in [1.807, 2.05) is 0 Å². The summed E-state index contributed by atoms with van der Waals surface area (Å²) in [5, 5.41) is 17.9. The average Bonchev–Trinajstić information content (AvgIpc) is 2.30. The van der Waals surface area contributed by atoms with Crippen molar-refractivity contribution in [2.24, 2.45) is 0 Å². The van der Waals surface area contributed by atoms with Crippen molar-refractivity contribution in [3.63, 3.8) is 0 Å². The van der Waals surface area contributed by atoms with Gasteiger partial charge < -0.3 is 14.9 Å². The highest BCUT2D eigenvalue weighted by Crippen LogP contribution is 2.21. The highest BCUT2D eigenvalue weighted by atomic mass is 32.2. The van der Waals surface area contributed by atoms with Crippen molar-refractivity contribution in [1.82, 2.24) is 0 Å². The van der Waals surface area contributed by atoms with Crippen molar-refractivity contribution in [2.75, 3.05) is 12.9 Å². The summed E-state index contributed by atoms with van der Waals surface area (Å²) in [6.07, 6.45) is -2.13.